The van der Waals surface area contributed by atoms with E-state index in [1.807, 2.05) is 24.3 Å². The molecule has 24 heavy (non-hydrogen) atoms. The number of hydrogen-bond donors (Lipinski definition) is 1. The van der Waals surface area contributed by atoms with Gasteiger partial charge in [0.2, 0.25) is 0 Å². The lowest BCUT2D eigenvalue weighted by atomic mass is 10.0. The molecular formula is C18H22ClN3O2. The average Bonchev–Trinajstić information content (AvgIpc) is 3.12. The van der Waals surface area contributed by atoms with Gasteiger partial charge in [0.25, 0.3) is 5.91 Å². The second kappa shape index (κ2) is 7.83. The fraction of sp³-hybridized carbons (Fsp3) is 0.389. The predicted molar refractivity (Wildman–Crippen MR) is 94.3 cm³/mol. The largest absolute Gasteiger partial charge is 0.459 e. The molecule has 1 amide bonds. The number of rotatable bonds is 5. The van der Waals surface area contributed by atoms with Crippen LogP contribution in [0.3, 0.4) is 0 Å². The molecule has 1 fully saturated rings. The van der Waals surface area contributed by atoms with Crippen LogP contribution in [0.15, 0.2) is 47.1 Å². The van der Waals surface area contributed by atoms with E-state index >= 15 is 0 Å². The molecule has 1 atom stereocenters. The number of likely N-dealkylation sites (N-methyl/N-ethyl adjacent to an activating group) is 1. The lowest BCUT2D eigenvalue weighted by Crippen LogP contribution is -2.48. The van der Waals surface area contributed by atoms with Crippen LogP contribution in [-0.2, 0) is 0 Å². The number of carbonyl (C=O) groups is 1. The average molecular weight is 348 g/mol. The van der Waals surface area contributed by atoms with Crippen LogP contribution in [-0.4, -0.2) is 55.5 Å². The van der Waals surface area contributed by atoms with Gasteiger partial charge >= 0.3 is 0 Å². The molecular weight excluding hydrogens is 326 g/mol. The third-order valence-electron chi connectivity index (χ3n) is 4.43. The monoisotopic (exact) mass is 347 g/mol. The van der Waals surface area contributed by atoms with Gasteiger partial charge < -0.3 is 14.6 Å². The van der Waals surface area contributed by atoms with E-state index in [0.717, 1.165) is 36.8 Å². The Hall–Kier alpha value is -1.82. The minimum absolute atomic E-state index is 0.120. The van der Waals surface area contributed by atoms with Crippen molar-refractivity contribution in [1.29, 1.82) is 0 Å². The molecule has 0 spiro atoms. The Morgan fingerprint density at radius 3 is 2.54 bits per heavy atom. The van der Waals surface area contributed by atoms with E-state index in [4.69, 9.17) is 16.0 Å². The number of furan rings is 1. The standard InChI is InChI=1S/C18H22ClN3O2/c1-21-8-10-22(11-9-21)16(14-4-6-15(19)7-5-14)13-20-18(23)17-3-2-12-24-17/h2-7,12,16H,8-11,13H2,1H3,(H,20,23)/t16-/m1/s1. The Bertz CT molecular complexity index is 649. The summed E-state index contributed by atoms with van der Waals surface area (Å²) in [6, 6.07) is 11.4. The molecule has 3 rings (SSSR count). The number of piperazine rings is 1. The van der Waals surface area contributed by atoms with Crippen molar-refractivity contribution >= 4 is 17.5 Å². The predicted octanol–water partition coefficient (Wildman–Crippen LogP) is 2.65. The van der Waals surface area contributed by atoms with Gasteiger partial charge in [-0.2, -0.15) is 0 Å². The molecule has 1 aliphatic heterocycles. The summed E-state index contributed by atoms with van der Waals surface area (Å²) in [5, 5.41) is 3.70. The molecule has 5 nitrogen and oxygen atoms in total. The topological polar surface area (TPSA) is 48.7 Å². The van der Waals surface area contributed by atoms with Crippen LogP contribution in [0, 0.1) is 0 Å². The summed E-state index contributed by atoms with van der Waals surface area (Å²) in [5.74, 6) is 0.149. The number of nitrogens with one attached hydrogen (secondary N) is 1. The van der Waals surface area contributed by atoms with E-state index in [0.29, 0.717) is 12.3 Å². The second-order valence-electron chi connectivity index (χ2n) is 6.09. The van der Waals surface area contributed by atoms with Crippen molar-refractivity contribution in [1.82, 2.24) is 15.1 Å². The Morgan fingerprint density at radius 1 is 1.21 bits per heavy atom. The molecule has 1 aromatic carbocycles. The zero-order valence-corrected chi connectivity index (χ0v) is 14.5. The Labute approximate surface area is 147 Å². The highest BCUT2D eigenvalue weighted by atomic mass is 35.5. The fourth-order valence-corrected chi connectivity index (χ4v) is 3.09. The van der Waals surface area contributed by atoms with Gasteiger partial charge in [-0.25, -0.2) is 0 Å². The Morgan fingerprint density at radius 2 is 1.92 bits per heavy atom. The highest BCUT2D eigenvalue weighted by molar-refractivity contribution is 6.30. The Balaban J connectivity index is 1.71. The Kier molecular flexibility index (Phi) is 5.56. The molecule has 1 N–H and O–H groups in total. The molecule has 0 radical (unpaired) electrons. The molecule has 0 unspecified atom stereocenters. The molecule has 128 valence electrons. The van der Waals surface area contributed by atoms with Crippen LogP contribution in [0.4, 0.5) is 0 Å². The van der Waals surface area contributed by atoms with Crippen molar-refractivity contribution in [3.8, 4) is 0 Å². The normalized spacial score (nSPS) is 17.6. The zero-order chi connectivity index (χ0) is 16.9. The minimum Gasteiger partial charge on any atom is -0.459 e. The minimum atomic E-state index is -0.187. The molecule has 0 aliphatic carbocycles. The van der Waals surface area contributed by atoms with Crippen LogP contribution in [0.1, 0.15) is 22.2 Å². The van der Waals surface area contributed by atoms with Crippen molar-refractivity contribution in [2.75, 3.05) is 39.8 Å². The molecule has 6 heteroatoms. The van der Waals surface area contributed by atoms with Crippen molar-refractivity contribution in [3.63, 3.8) is 0 Å². The first-order chi connectivity index (χ1) is 11.6. The van der Waals surface area contributed by atoms with Gasteiger partial charge in [-0.1, -0.05) is 23.7 Å². The quantitative estimate of drug-likeness (QED) is 0.903. The number of nitrogens with zero attached hydrogens (tertiary/aromatic N) is 2. The molecule has 2 heterocycles. The SMILES string of the molecule is CN1CCN([C@H](CNC(=O)c2ccco2)c2ccc(Cl)cc2)CC1. The number of benzene rings is 1. The summed E-state index contributed by atoms with van der Waals surface area (Å²) in [5.41, 5.74) is 1.16. The van der Waals surface area contributed by atoms with Gasteiger partial charge in [0.1, 0.15) is 0 Å². The first kappa shape index (κ1) is 17.0. The van der Waals surface area contributed by atoms with Crippen LogP contribution < -0.4 is 5.32 Å². The van der Waals surface area contributed by atoms with Crippen molar-refractivity contribution in [2.24, 2.45) is 0 Å². The molecule has 1 aliphatic rings. The van der Waals surface area contributed by atoms with Gasteiger partial charge in [-0.05, 0) is 36.9 Å². The third-order valence-corrected chi connectivity index (χ3v) is 4.69. The maximum atomic E-state index is 12.2. The van der Waals surface area contributed by atoms with E-state index in [2.05, 4.69) is 22.2 Å². The van der Waals surface area contributed by atoms with Crippen molar-refractivity contribution < 1.29 is 9.21 Å². The maximum Gasteiger partial charge on any atom is 0.287 e. The first-order valence-corrected chi connectivity index (χ1v) is 8.51. The fourth-order valence-electron chi connectivity index (χ4n) is 2.96. The summed E-state index contributed by atoms with van der Waals surface area (Å²) in [6.07, 6.45) is 1.51. The van der Waals surface area contributed by atoms with E-state index in [-0.39, 0.29) is 11.9 Å². The maximum absolute atomic E-state index is 12.2. The van der Waals surface area contributed by atoms with Crippen molar-refractivity contribution in [2.45, 2.75) is 6.04 Å². The molecule has 0 saturated carbocycles. The number of amides is 1. The summed E-state index contributed by atoms with van der Waals surface area (Å²) >= 11 is 6.01. The highest BCUT2D eigenvalue weighted by Crippen LogP contribution is 2.23. The highest BCUT2D eigenvalue weighted by Gasteiger charge is 2.24. The summed E-state index contributed by atoms with van der Waals surface area (Å²) in [7, 11) is 2.13. The first-order valence-electron chi connectivity index (χ1n) is 8.13. The smallest absolute Gasteiger partial charge is 0.287 e. The van der Waals surface area contributed by atoms with Gasteiger partial charge in [0, 0.05) is 37.7 Å². The van der Waals surface area contributed by atoms with Crippen LogP contribution in [0.25, 0.3) is 0 Å². The van der Waals surface area contributed by atoms with Crippen molar-refractivity contribution in [3.05, 3.63) is 59.0 Å². The molecule has 2 aromatic rings. The number of hydrogen-bond acceptors (Lipinski definition) is 4. The summed E-state index contributed by atoms with van der Waals surface area (Å²) in [6.45, 7) is 4.53. The summed E-state index contributed by atoms with van der Waals surface area (Å²) in [4.78, 5) is 16.9. The van der Waals surface area contributed by atoms with E-state index in [9.17, 15) is 4.79 Å². The third kappa shape index (κ3) is 4.17. The van der Waals surface area contributed by atoms with Gasteiger partial charge in [0.15, 0.2) is 5.76 Å². The summed E-state index contributed by atoms with van der Waals surface area (Å²) < 4.78 is 5.16. The van der Waals surface area contributed by atoms with E-state index < -0.39 is 0 Å². The lowest BCUT2D eigenvalue weighted by Gasteiger charge is -2.38. The van der Waals surface area contributed by atoms with Crippen LogP contribution >= 0.6 is 11.6 Å². The number of carbonyl (C=O) groups excluding carboxylic acids is 1. The lowest BCUT2D eigenvalue weighted by molar-refractivity contribution is 0.0863. The molecule has 1 aromatic heterocycles. The second-order valence-corrected chi connectivity index (χ2v) is 6.53. The van der Waals surface area contributed by atoms with Gasteiger partial charge in [-0.15, -0.1) is 0 Å². The van der Waals surface area contributed by atoms with Crippen LogP contribution in [0.5, 0.6) is 0 Å². The van der Waals surface area contributed by atoms with Gasteiger partial charge in [0.05, 0.1) is 12.3 Å². The van der Waals surface area contributed by atoms with E-state index in [1.54, 1.807) is 12.1 Å². The van der Waals surface area contributed by atoms with E-state index in [1.165, 1.54) is 6.26 Å². The van der Waals surface area contributed by atoms with Crippen LogP contribution in [0.2, 0.25) is 5.02 Å². The zero-order valence-electron chi connectivity index (χ0n) is 13.7. The molecule has 1 saturated heterocycles. The number of halogens is 1. The van der Waals surface area contributed by atoms with Gasteiger partial charge in [-0.3, -0.25) is 9.69 Å². The molecule has 0 bridgehead atoms.